The van der Waals surface area contributed by atoms with E-state index in [-0.39, 0.29) is 12.3 Å². The first-order chi connectivity index (χ1) is 9.81. The van der Waals surface area contributed by atoms with Crippen molar-refractivity contribution in [2.45, 2.75) is 38.0 Å². The van der Waals surface area contributed by atoms with E-state index in [1.54, 1.807) is 0 Å². The number of hydrogen-bond acceptors (Lipinski definition) is 3. The third kappa shape index (κ3) is 3.29. The number of ether oxygens (including phenoxy) is 2. The van der Waals surface area contributed by atoms with Crippen LogP contribution in [-0.4, -0.2) is 25.3 Å². The van der Waals surface area contributed by atoms with Crippen LogP contribution in [0.3, 0.4) is 0 Å². The highest BCUT2D eigenvalue weighted by Crippen LogP contribution is 2.24. The summed E-state index contributed by atoms with van der Waals surface area (Å²) in [6, 6.07) is 7.78. The maximum Gasteiger partial charge on any atom is 0.319 e. The molecule has 1 aliphatic carbocycles. The fraction of sp³-hybridized carbons (Fsp3) is 0.533. The summed E-state index contributed by atoms with van der Waals surface area (Å²) in [6.07, 6.45) is 4.32. The zero-order chi connectivity index (χ0) is 13.8. The molecule has 5 nitrogen and oxygen atoms in total. The Morgan fingerprint density at radius 1 is 1.05 bits per heavy atom. The van der Waals surface area contributed by atoms with Crippen molar-refractivity contribution in [3.8, 4) is 0 Å². The van der Waals surface area contributed by atoms with Gasteiger partial charge < -0.3 is 20.1 Å². The average molecular weight is 276 g/mol. The summed E-state index contributed by atoms with van der Waals surface area (Å²) in [7, 11) is 0. The van der Waals surface area contributed by atoms with E-state index in [4.69, 9.17) is 9.47 Å². The predicted molar refractivity (Wildman–Crippen MR) is 75.5 cm³/mol. The lowest BCUT2D eigenvalue weighted by Crippen LogP contribution is -2.36. The van der Waals surface area contributed by atoms with Crippen LogP contribution in [0.1, 0.15) is 37.5 Å². The van der Waals surface area contributed by atoms with Gasteiger partial charge in [0, 0.05) is 17.3 Å². The van der Waals surface area contributed by atoms with Gasteiger partial charge in [0.15, 0.2) is 6.29 Å². The smallest absolute Gasteiger partial charge is 0.319 e. The Kier molecular flexibility index (Phi) is 4.18. The number of anilines is 1. The third-order valence-corrected chi connectivity index (χ3v) is 3.75. The molecule has 0 spiro atoms. The molecule has 0 unspecified atom stereocenters. The molecule has 2 fully saturated rings. The van der Waals surface area contributed by atoms with E-state index in [9.17, 15) is 4.79 Å². The van der Waals surface area contributed by atoms with Crippen molar-refractivity contribution < 1.29 is 14.3 Å². The van der Waals surface area contributed by atoms with Gasteiger partial charge in [0.25, 0.3) is 0 Å². The van der Waals surface area contributed by atoms with Crippen LogP contribution in [-0.2, 0) is 9.47 Å². The number of nitrogens with one attached hydrogen (secondary N) is 2. The maximum atomic E-state index is 11.8. The molecule has 1 heterocycles. The highest BCUT2D eigenvalue weighted by atomic mass is 16.7. The monoisotopic (exact) mass is 276 g/mol. The number of rotatable bonds is 3. The number of hydrogen-bond donors (Lipinski definition) is 2. The lowest BCUT2D eigenvalue weighted by Gasteiger charge is -2.14. The molecule has 2 amide bonds. The first kappa shape index (κ1) is 13.4. The topological polar surface area (TPSA) is 59.6 Å². The van der Waals surface area contributed by atoms with Gasteiger partial charge in [0.05, 0.1) is 13.2 Å². The van der Waals surface area contributed by atoms with Gasteiger partial charge in [-0.1, -0.05) is 25.0 Å². The molecule has 1 saturated heterocycles. The van der Waals surface area contributed by atoms with Crippen LogP contribution in [0, 0.1) is 0 Å². The van der Waals surface area contributed by atoms with Crippen molar-refractivity contribution >= 4 is 11.7 Å². The maximum absolute atomic E-state index is 11.8. The fourth-order valence-corrected chi connectivity index (χ4v) is 2.70. The van der Waals surface area contributed by atoms with Gasteiger partial charge in [-0.05, 0) is 25.0 Å². The van der Waals surface area contributed by atoms with Crippen molar-refractivity contribution in [3.05, 3.63) is 29.8 Å². The van der Waals surface area contributed by atoms with Crippen molar-refractivity contribution in [2.75, 3.05) is 18.5 Å². The quantitative estimate of drug-likeness (QED) is 0.892. The molecule has 1 aliphatic heterocycles. The largest absolute Gasteiger partial charge is 0.346 e. The molecule has 20 heavy (non-hydrogen) atoms. The predicted octanol–water partition coefficient (Wildman–Crippen LogP) is 2.80. The number of carbonyl (C=O) groups excluding carboxylic acids is 1. The highest BCUT2D eigenvalue weighted by Gasteiger charge is 2.19. The molecule has 0 radical (unpaired) electrons. The molecule has 2 aliphatic rings. The lowest BCUT2D eigenvalue weighted by molar-refractivity contribution is -0.0441. The molecule has 0 aromatic heterocycles. The van der Waals surface area contributed by atoms with Crippen LogP contribution in [0.4, 0.5) is 10.5 Å². The van der Waals surface area contributed by atoms with E-state index in [1.165, 1.54) is 12.8 Å². The molecule has 5 heteroatoms. The summed E-state index contributed by atoms with van der Waals surface area (Å²) in [4.78, 5) is 11.8. The van der Waals surface area contributed by atoms with E-state index >= 15 is 0 Å². The van der Waals surface area contributed by atoms with Gasteiger partial charge in [-0.15, -0.1) is 0 Å². The van der Waals surface area contributed by atoms with E-state index in [0.29, 0.717) is 19.3 Å². The second-order valence-electron chi connectivity index (χ2n) is 5.28. The number of carbonyl (C=O) groups is 1. The molecule has 0 atom stereocenters. The van der Waals surface area contributed by atoms with Crippen molar-refractivity contribution in [3.63, 3.8) is 0 Å². The molecule has 0 bridgehead atoms. The second kappa shape index (κ2) is 6.24. The molecular formula is C15H20N2O3. The summed E-state index contributed by atoms with van der Waals surface area (Å²) in [5, 5.41) is 5.85. The summed E-state index contributed by atoms with van der Waals surface area (Å²) >= 11 is 0. The van der Waals surface area contributed by atoms with Crippen LogP contribution in [0.15, 0.2) is 24.3 Å². The van der Waals surface area contributed by atoms with Crippen LogP contribution in [0.25, 0.3) is 0 Å². The Morgan fingerprint density at radius 3 is 2.35 bits per heavy atom. The Balaban J connectivity index is 1.53. The van der Waals surface area contributed by atoms with Crippen molar-refractivity contribution in [2.24, 2.45) is 0 Å². The number of amides is 2. The first-order valence-electron chi connectivity index (χ1n) is 7.22. The molecule has 1 saturated carbocycles. The Hall–Kier alpha value is -1.59. The third-order valence-electron chi connectivity index (χ3n) is 3.75. The van der Waals surface area contributed by atoms with Gasteiger partial charge in [-0.25, -0.2) is 4.79 Å². The fourth-order valence-electron chi connectivity index (χ4n) is 2.70. The number of benzene rings is 1. The zero-order valence-electron chi connectivity index (χ0n) is 11.4. The van der Waals surface area contributed by atoms with Gasteiger partial charge in [-0.3, -0.25) is 0 Å². The Morgan fingerprint density at radius 2 is 1.70 bits per heavy atom. The van der Waals surface area contributed by atoms with Crippen LogP contribution < -0.4 is 10.6 Å². The standard InChI is InChI=1S/C15H20N2O3/c18-15(16-12-3-1-2-4-12)17-13-7-5-11(6-8-13)14-19-9-10-20-14/h5-8,12,14H,1-4,9-10H2,(H2,16,17,18). The van der Waals surface area contributed by atoms with Crippen LogP contribution >= 0.6 is 0 Å². The summed E-state index contributed by atoms with van der Waals surface area (Å²) in [6.45, 7) is 1.27. The van der Waals surface area contributed by atoms with Crippen LogP contribution in [0.2, 0.25) is 0 Å². The normalized spacial score (nSPS) is 20.2. The number of urea groups is 1. The summed E-state index contributed by atoms with van der Waals surface area (Å²) in [5.41, 5.74) is 1.76. The Labute approximate surface area is 118 Å². The average Bonchev–Trinajstić information content (AvgIpc) is 3.12. The minimum Gasteiger partial charge on any atom is -0.346 e. The molecule has 3 rings (SSSR count). The molecular weight excluding hydrogens is 256 g/mol. The minimum atomic E-state index is -0.267. The van der Waals surface area contributed by atoms with Crippen LogP contribution in [0.5, 0.6) is 0 Å². The van der Waals surface area contributed by atoms with E-state index in [1.807, 2.05) is 24.3 Å². The van der Waals surface area contributed by atoms with E-state index < -0.39 is 0 Å². The SMILES string of the molecule is O=C(Nc1ccc(C2OCCO2)cc1)NC1CCCC1. The van der Waals surface area contributed by atoms with E-state index in [0.717, 1.165) is 24.1 Å². The molecule has 108 valence electrons. The zero-order valence-corrected chi connectivity index (χ0v) is 11.4. The minimum absolute atomic E-state index is 0.127. The van der Waals surface area contributed by atoms with Crippen molar-refractivity contribution in [1.29, 1.82) is 0 Å². The summed E-state index contributed by atoms with van der Waals surface area (Å²) in [5.74, 6) is 0. The summed E-state index contributed by atoms with van der Waals surface area (Å²) < 4.78 is 10.9. The Bertz CT molecular complexity index is 449. The molecule has 1 aromatic carbocycles. The van der Waals surface area contributed by atoms with Crippen molar-refractivity contribution in [1.82, 2.24) is 5.32 Å². The highest BCUT2D eigenvalue weighted by molar-refractivity contribution is 5.89. The molecule has 1 aromatic rings. The molecule has 2 N–H and O–H groups in total. The van der Waals surface area contributed by atoms with Gasteiger partial charge in [0.1, 0.15) is 0 Å². The lowest BCUT2D eigenvalue weighted by atomic mass is 10.2. The van der Waals surface area contributed by atoms with Gasteiger partial charge in [-0.2, -0.15) is 0 Å². The first-order valence-corrected chi connectivity index (χ1v) is 7.22. The van der Waals surface area contributed by atoms with E-state index in [2.05, 4.69) is 10.6 Å². The second-order valence-corrected chi connectivity index (χ2v) is 5.28. The van der Waals surface area contributed by atoms with Gasteiger partial charge in [0.2, 0.25) is 0 Å². The van der Waals surface area contributed by atoms with Gasteiger partial charge >= 0.3 is 6.03 Å².